The van der Waals surface area contributed by atoms with Crippen LogP contribution in [-0.2, 0) is 4.79 Å². The highest BCUT2D eigenvalue weighted by Gasteiger charge is 2.29. The van der Waals surface area contributed by atoms with E-state index < -0.39 is 11.6 Å². The number of carboxylic acids is 1. The number of carbonyl (C=O) groups is 1. The number of benzene rings is 2. The second-order valence-corrected chi connectivity index (χ2v) is 7.48. The van der Waals surface area contributed by atoms with Crippen LogP contribution in [-0.4, -0.2) is 34.7 Å². The molecule has 1 heterocycles. The van der Waals surface area contributed by atoms with Crippen LogP contribution in [0.5, 0.6) is 5.75 Å². The zero-order valence-corrected chi connectivity index (χ0v) is 15.7. The summed E-state index contributed by atoms with van der Waals surface area (Å²) in [6.45, 7) is 7.75. The Labute approximate surface area is 155 Å². The molecule has 1 aliphatic rings. The standard InChI is InChI=1S/C22H27NO3/c1-16(23-14-4-5-15-23)17-6-8-18(9-7-17)19-10-12-20(13-11-19)26-22(2,3)21(24)25/h6-13,16H,4-5,14-15H2,1-3H3,(H,24,25). The third-order valence-electron chi connectivity index (χ3n) is 5.16. The van der Waals surface area contributed by atoms with E-state index in [1.54, 1.807) is 13.8 Å². The highest BCUT2D eigenvalue weighted by atomic mass is 16.5. The molecule has 138 valence electrons. The van der Waals surface area contributed by atoms with Crippen LogP contribution in [0.1, 0.15) is 45.2 Å². The van der Waals surface area contributed by atoms with Crippen LogP contribution in [0.2, 0.25) is 0 Å². The van der Waals surface area contributed by atoms with Crippen molar-refractivity contribution in [3.8, 4) is 16.9 Å². The van der Waals surface area contributed by atoms with E-state index in [2.05, 4.69) is 36.1 Å². The second kappa shape index (κ2) is 7.50. The lowest BCUT2D eigenvalue weighted by Crippen LogP contribution is -2.37. The summed E-state index contributed by atoms with van der Waals surface area (Å²) in [5.41, 5.74) is 2.34. The number of likely N-dealkylation sites (tertiary alicyclic amines) is 1. The van der Waals surface area contributed by atoms with Gasteiger partial charge in [-0.05, 0) is 75.5 Å². The third-order valence-corrected chi connectivity index (χ3v) is 5.16. The van der Waals surface area contributed by atoms with Crippen molar-refractivity contribution >= 4 is 5.97 Å². The van der Waals surface area contributed by atoms with Gasteiger partial charge in [0, 0.05) is 6.04 Å². The van der Waals surface area contributed by atoms with E-state index >= 15 is 0 Å². The van der Waals surface area contributed by atoms with Gasteiger partial charge in [0.25, 0.3) is 0 Å². The van der Waals surface area contributed by atoms with Gasteiger partial charge < -0.3 is 9.84 Å². The minimum atomic E-state index is -1.24. The summed E-state index contributed by atoms with van der Waals surface area (Å²) < 4.78 is 5.56. The Bertz CT molecular complexity index is 744. The molecule has 0 amide bonds. The van der Waals surface area contributed by atoms with Gasteiger partial charge in [-0.2, -0.15) is 0 Å². The molecule has 4 heteroatoms. The van der Waals surface area contributed by atoms with Gasteiger partial charge in [0.2, 0.25) is 0 Å². The van der Waals surface area contributed by atoms with E-state index in [4.69, 9.17) is 9.84 Å². The van der Waals surface area contributed by atoms with Crippen LogP contribution < -0.4 is 4.74 Å². The first-order chi connectivity index (χ1) is 12.4. The summed E-state index contributed by atoms with van der Waals surface area (Å²) in [5, 5.41) is 9.16. The summed E-state index contributed by atoms with van der Waals surface area (Å²) in [6, 6.07) is 16.7. The average molecular weight is 353 g/mol. The van der Waals surface area contributed by atoms with E-state index in [9.17, 15) is 4.79 Å². The lowest BCUT2D eigenvalue weighted by Gasteiger charge is -2.24. The van der Waals surface area contributed by atoms with Gasteiger partial charge in [0.15, 0.2) is 5.60 Å². The number of ether oxygens (including phenoxy) is 1. The molecule has 0 aliphatic carbocycles. The Morgan fingerprint density at radius 2 is 1.50 bits per heavy atom. The number of hydrogen-bond donors (Lipinski definition) is 1. The van der Waals surface area contributed by atoms with Gasteiger partial charge in [-0.15, -0.1) is 0 Å². The molecule has 1 atom stereocenters. The number of rotatable bonds is 6. The van der Waals surface area contributed by atoms with Gasteiger partial charge in [-0.1, -0.05) is 36.4 Å². The maximum Gasteiger partial charge on any atom is 0.347 e. The quantitative estimate of drug-likeness (QED) is 0.814. The van der Waals surface area contributed by atoms with Crippen LogP contribution >= 0.6 is 0 Å². The molecule has 3 rings (SSSR count). The van der Waals surface area contributed by atoms with E-state index in [0.29, 0.717) is 11.8 Å². The van der Waals surface area contributed by atoms with E-state index in [0.717, 1.165) is 11.1 Å². The predicted molar refractivity (Wildman–Crippen MR) is 103 cm³/mol. The first-order valence-electron chi connectivity index (χ1n) is 9.24. The first kappa shape index (κ1) is 18.5. The minimum absolute atomic E-state index is 0.459. The molecule has 0 spiro atoms. The summed E-state index contributed by atoms with van der Waals surface area (Å²) in [4.78, 5) is 13.7. The lowest BCUT2D eigenvalue weighted by molar-refractivity contribution is -0.152. The SMILES string of the molecule is CC(c1ccc(-c2ccc(OC(C)(C)C(=O)O)cc2)cc1)N1CCCC1. The van der Waals surface area contributed by atoms with Crippen molar-refractivity contribution in [1.82, 2.24) is 4.90 Å². The van der Waals surface area contributed by atoms with Gasteiger partial charge in [-0.25, -0.2) is 4.79 Å². The molecule has 1 fully saturated rings. The normalized spacial score (nSPS) is 16.4. The van der Waals surface area contributed by atoms with Crippen LogP contribution in [0.15, 0.2) is 48.5 Å². The van der Waals surface area contributed by atoms with Crippen molar-refractivity contribution < 1.29 is 14.6 Å². The largest absolute Gasteiger partial charge is 0.478 e. The molecule has 1 N–H and O–H groups in total. The van der Waals surface area contributed by atoms with Crippen LogP contribution in [0.25, 0.3) is 11.1 Å². The second-order valence-electron chi connectivity index (χ2n) is 7.48. The summed E-state index contributed by atoms with van der Waals surface area (Å²) >= 11 is 0. The Morgan fingerprint density at radius 3 is 2.00 bits per heavy atom. The summed E-state index contributed by atoms with van der Waals surface area (Å²) in [5.74, 6) is -0.426. The van der Waals surface area contributed by atoms with Gasteiger partial charge >= 0.3 is 5.97 Å². The molecule has 1 saturated heterocycles. The number of nitrogens with zero attached hydrogens (tertiary/aromatic N) is 1. The van der Waals surface area contributed by atoms with Crippen molar-refractivity contribution in [2.45, 2.75) is 45.3 Å². The van der Waals surface area contributed by atoms with E-state index in [1.807, 2.05) is 24.3 Å². The van der Waals surface area contributed by atoms with Crippen molar-refractivity contribution in [2.75, 3.05) is 13.1 Å². The van der Waals surface area contributed by atoms with E-state index in [1.165, 1.54) is 31.5 Å². The zero-order chi connectivity index (χ0) is 18.7. The van der Waals surface area contributed by atoms with Crippen LogP contribution in [0.3, 0.4) is 0 Å². The van der Waals surface area contributed by atoms with Gasteiger partial charge in [0.05, 0.1) is 0 Å². The van der Waals surface area contributed by atoms with Crippen molar-refractivity contribution in [2.24, 2.45) is 0 Å². The molecule has 0 radical (unpaired) electrons. The fourth-order valence-corrected chi connectivity index (χ4v) is 3.35. The fourth-order valence-electron chi connectivity index (χ4n) is 3.35. The van der Waals surface area contributed by atoms with Crippen molar-refractivity contribution in [1.29, 1.82) is 0 Å². The molecule has 0 bridgehead atoms. The maximum absolute atomic E-state index is 11.2. The molecule has 26 heavy (non-hydrogen) atoms. The Kier molecular flexibility index (Phi) is 5.33. The van der Waals surface area contributed by atoms with Crippen molar-refractivity contribution in [3.05, 3.63) is 54.1 Å². The highest BCUT2D eigenvalue weighted by Crippen LogP contribution is 2.28. The molecule has 2 aromatic carbocycles. The number of carboxylic acid groups (broad SMARTS) is 1. The minimum Gasteiger partial charge on any atom is -0.478 e. The van der Waals surface area contributed by atoms with Gasteiger partial charge in [0.1, 0.15) is 5.75 Å². The molecule has 0 aromatic heterocycles. The molecular weight excluding hydrogens is 326 g/mol. The topological polar surface area (TPSA) is 49.8 Å². The van der Waals surface area contributed by atoms with Crippen LogP contribution in [0, 0.1) is 0 Å². The molecule has 2 aromatic rings. The molecular formula is C22H27NO3. The fraction of sp³-hybridized carbons (Fsp3) is 0.409. The average Bonchev–Trinajstić information content (AvgIpc) is 3.16. The van der Waals surface area contributed by atoms with Crippen LogP contribution in [0.4, 0.5) is 0 Å². The molecule has 1 aliphatic heterocycles. The van der Waals surface area contributed by atoms with E-state index in [-0.39, 0.29) is 0 Å². The van der Waals surface area contributed by atoms with Gasteiger partial charge in [-0.3, -0.25) is 4.90 Å². The molecule has 1 unspecified atom stereocenters. The number of aliphatic carboxylic acids is 1. The Hall–Kier alpha value is -2.33. The third kappa shape index (κ3) is 4.07. The number of hydrogen-bond acceptors (Lipinski definition) is 3. The monoisotopic (exact) mass is 353 g/mol. The summed E-state index contributed by atoms with van der Waals surface area (Å²) in [7, 11) is 0. The summed E-state index contributed by atoms with van der Waals surface area (Å²) in [6.07, 6.45) is 2.60. The predicted octanol–water partition coefficient (Wildman–Crippen LogP) is 4.75. The zero-order valence-electron chi connectivity index (χ0n) is 15.7. The molecule has 4 nitrogen and oxygen atoms in total. The highest BCUT2D eigenvalue weighted by molar-refractivity contribution is 5.76. The molecule has 0 saturated carbocycles. The lowest BCUT2D eigenvalue weighted by atomic mass is 10.0. The Morgan fingerprint density at radius 1 is 1.00 bits per heavy atom. The Balaban J connectivity index is 1.70. The smallest absolute Gasteiger partial charge is 0.347 e. The maximum atomic E-state index is 11.2. The van der Waals surface area contributed by atoms with Crippen molar-refractivity contribution in [3.63, 3.8) is 0 Å². The first-order valence-corrected chi connectivity index (χ1v) is 9.24.